The number of hydrogen-bond acceptors (Lipinski definition) is 3. The number of nitrogens with zero attached hydrogens (tertiary/aromatic N) is 2. The van der Waals surface area contributed by atoms with Crippen LogP contribution in [-0.2, 0) is 19.5 Å². The molecule has 2 N–H and O–H groups in total. The molecule has 1 aromatic carbocycles. The van der Waals surface area contributed by atoms with Crippen LogP contribution in [0.15, 0.2) is 41.2 Å². The van der Waals surface area contributed by atoms with Crippen molar-refractivity contribution in [1.82, 2.24) is 19.9 Å². The van der Waals surface area contributed by atoms with Crippen LogP contribution in [0.2, 0.25) is 0 Å². The molecule has 5 nitrogen and oxygen atoms in total. The maximum atomic E-state index is 12.6. The fourth-order valence-corrected chi connectivity index (χ4v) is 3.54. The van der Waals surface area contributed by atoms with Crippen LogP contribution in [0.1, 0.15) is 28.2 Å². The molecule has 3 heterocycles. The molecule has 25 heavy (non-hydrogen) atoms. The summed E-state index contributed by atoms with van der Waals surface area (Å²) in [6.45, 7) is 6.59. The van der Waals surface area contributed by atoms with Crippen LogP contribution in [-0.4, -0.2) is 26.4 Å². The van der Waals surface area contributed by atoms with Crippen molar-refractivity contribution in [1.29, 1.82) is 0 Å². The largest absolute Gasteiger partial charge is 0.362 e. The molecule has 0 radical (unpaired) electrons. The Kier molecular flexibility index (Phi) is 4.01. The highest BCUT2D eigenvalue weighted by atomic mass is 16.1. The highest BCUT2D eigenvalue weighted by molar-refractivity contribution is 5.54. The van der Waals surface area contributed by atoms with Gasteiger partial charge in [0.15, 0.2) is 0 Å². The van der Waals surface area contributed by atoms with E-state index < -0.39 is 0 Å². The Labute approximate surface area is 146 Å². The van der Waals surface area contributed by atoms with E-state index in [4.69, 9.17) is 4.98 Å². The first-order valence-electron chi connectivity index (χ1n) is 8.65. The van der Waals surface area contributed by atoms with E-state index in [1.54, 1.807) is 0 Å². The van der Waals surface area contributed by atoms with Gasteiger partial charge >= 0.3 is 0 Å². The molecule has 0 saturated carbocycles. The quantitative estimate of drug-likeness (QED) is 0.774. The second kappa shape index (κ2) is 6.33. The second-order valence-electron chi connectivity index (χ2n) is 6.77. The third kappa shape index (κ3) is 3.15. The van der Waals surface area contributed by atoms with Gasteiger partial charge in [-0.2, -0.15) is 0 Å². The van der Waals surface area contributed by atoms with Gasteiger partial charge in [-0.25, -0.2) is 4.98 Å². The molecular weight excluding hydrogens is 312 g/mol. The van der Waals surface area contributed by atoms with Gasteiger partial charge in [0.1, 0.15) is 5.82 Å². The van der Waals surface area contributed by atoms with Crippen LogP contribution in [0.4, 0.5) is 0 Å². The summed E-state index contributed by atoms with van der Waals surface area (Å²) in [6.07, 6.45) is 0.807. The minimum Gasteiger partial charge on any atom is -0.362 e. The molecule has 0 bridgehead atoms. The normalized spacial score (nSPS) is 14.5. The number of aromatic nitrogens is 3. The Morgan fingerprint density at radius 1 is 1.16 bits per heavy atom. The summed E-state index contributed by atoms with van der Waals surface area (Å²) >= 11 is 0. The third-order valence-electron chi connectivity index (χ3n) is 4.85. The van der Waals surface area contributed by atoms with Gasteiger partial charge in [-0.3, -0.25) is 9.69 Å². The van der Waals surface area contributed by atoms with E-state index in [9.17, 15) is 4.79 Å². The van der Waals surface area contributed by atoms with Gasteiger partial charge in [-0.15, -0.1) is 0 Å². The Morgan fingerprint density at radius 2 is 1.96 bits per heavy atom. The van der Waals surface area contributed by atoms with Crippen LogP contribution in [0, 0.1) is 13.8 Å². The molecule has 128 valence electrons. The first kappa shape index (κ1) is 15.8. The number of rotatable bonds is 3. The van der Waals surface area contributed by atoms with Gasteiger partial charge < -0.3 is 9.97 Å². The van der Waals surface area contributed by atoms with Crippen molar-refractivity contribution in [3.8, 4) is 11.4 Å². The maximum absolute atomic E-state index is 12.6. The minimum absolute atomic E-state index is 0.0180. The lowest BCUT2D eigenvalue weighted by molar-refractivity contribution is 0.241. The lowest BCUT2D eigenvalue weighted by Crippen LogP contribution is -2.35. The lowest BCUT2D eigenvalue weighted by Gasteiger charge is -2.27. The number of hydrogen-bond donors (Lipinski definition) is 2. The fraction of sp³-hybridized carbons (Fsp3) is 0.300. The molecular formula is C20H22N4O. The zero-order chi connectivity index (χ0) is 17.4. The molecule has 5 heteroatoms. The summed E-state index contributed by atoms with van der Waals surface area (Å²) in [5.41, 5.74) is 6.34. The molecule has 0 saturated heterocycles. The molecule has 1 aliphatic heterocycles. The van der Waals surface area contributed by atoms with Crippen LogP contribution in [0.25, 0.3) is 11.4 Å². The van der Waals surface area contributed by atoms with Crippen molar-refractivity contribution in [3.63, 3.8) is 0 Å². The predicted octanol–water partition coefficient (Wildman–Crippen LogP) is 2.94. The second-order valence-corrected chi connectivity index (χ2v) is 6.77. The molecule has 0 aliphatic carbocycles. The van der Waals surface area contributed by atoms with Crippen molar-refractivity contribution in [2.75, 3.05) is 6.54 Å². The van der Waals surface area contributed by atoms with Crippen LogP contribution >= 0.6 is 0 Å². The number of fused-ring (bicyclic) bond motifs is 1. The number of H-pyrrole nitrogens is 2. The summed E-state index contributed by atoms with van der Waals surface area (Å²) < 4.78 is 0. The molecule has 2 aromatic heterocycles. The summed E-state index contributed by atoms with van der Waals surface area (Å²) in [6, 6.07) is 12.0. The summed E-state index contributed by atoms with van der Waals surface area (Å²) in [5, 5.41) is 0. The molecule has 3 aromatic rings. The monoisotopic (exact) mass is 334 g/mol. The first-order valence-corrected chi connectivity index (χ1v) is 8.65. The first-order chi connectivity index (χ1) is 12.1. The number of aromatic amines is 2. The van der Waals surface area contributed by atoms with E-state index >= 15 is 0 Å². The van der Waals surface area contributed by atoms with Crippen molar-refractivity contribution in [2.45, 2.75) is 33.4 Å². The molecule has 4 rings (SSSR count). The zero-order valence-corrected chi connectivity index (χ0v) is 14.6. The predicted molar refractivity (Wildman–Crippen MR) is 98.4 cm³/mol. The summed E-state index contributed by atoms with van der Waals surface area (Å²) in [7, 11) is 0. The number of nitrogens with one attached hydrogen (secondary N) is 2. The highest BCUT2D eigenvalue weighted by Crippen LogP contribution is 2.21. The molecule has 0 fully saturated rings. The number of benzene rings is 1. The molecule has 0 unspecified atom stereocenters. The van der Waals surface area contributed by atoms with Gasteiger partial charge in [-0.1, -0.05) is 30.3 Å². The van der Waals surface area contributed by atoms with Crippen molar-refractivity contribution >= 4 is 0 Å². The van der Waals surface area contributed by atoms with Crippen molar-refractivity contribution < 1.29 is 0 Å². The van der Waals surface area contributed by atoms with Crippen LogP contribution in [0.5, 0.6) is 0 Å². The molecule has 0 atom stereocenters. The van der Waals surface area contributed by atoms with Gasteiger partial charge in [0.2, 0.25) is 0 Å². The SMILES string of the molecule is Cc1cc(CN2CCc3nc(-c4ccccc4)[nH]c(=O)c3C2)c(C)[nH]1. The topological polar surface area (TPSA) is 64.8 Å². The third-order valence-corrected chi connectivity index (χ3v) is 4.85. The Balaban J connectivity index is 1.59. The van der Waals surface area contributed by atoms with E-state index in [1.165, 1.54) is 17.0 Å². The van der Waals surface area contributed by atoms with Gasteiger partial charge in [0.05, 0.1) is 11.3 Å². The smallest absolute Gasteiger partial charge is 0.255 e. The minimum atomic E-state index is -0.0180. The van der Waals surface area contributed by atoms with Crippen LogP contribution in [0.3, 0.4) is 0 Å². The Morgan fingerprint density at radius 3 is 2.68 bits per heavy atom. The van der Waals surface area contributed by atoms with E-state index in [-0.39, 0.29) is 5.56 Å². The van der Waals surface area contributed by atoms with Gasteiger partial charge in [0.25, 0.3) is 5.56 Å². The summed E-state index contributed by atoms with van der Waals surface area (Å²) in [5.74, 6) is 0.662. The van der Waals surface area contributed by atoms with Crippen molar-refractivity contribution in [3.05, 3.63) is 75.0 Å². The average molecular weight is 334 g/mol. The Bertz CT molecular complexity index is 956. The van der Waals surface area contributed by atoms with E-state index in [2.05, 4.69) is 34.8 Å². The lowest BCUT2D eigenvalue weighted by atomic mass is 10.1. The average Bonchev–Trinajstić information content (AvgIpc) is 2.93. The van der Waals surface area contributed by atoms with E-state index in [0.717, 1.165) is 36.3 Å². The standard InChI is InChI=1S/C20H22N4O/c1-13-10-16(14(2)21-13)11-24-9-8-18-17(12-24)20(25)23-19(22-18)15-6-4-3-5-7-15/h3-7,10,21H,8-9,11-12H2,1-2H3,(H,22,23,25). The van der Waals surface area contributed by atoms with Gasteiger partial charge in [0, 0.05) is 43.0 Å². The highest BCUT2D eigenvalue weighted by Gasteiger charge is 2.22. The fourth-order valence-electron chi connectivity index (χ4n) is 3.54. The molecule has 0 spiro atoms. The zero-order valence-electron chi connectivity index (χ0n) is 14.6. The Hall–Kier alpha value is -2.66. The van der Waals surface area contributed by atoms with Crippen molar-refractivity contribution in [2.24, 2.45) is 0 Å². The summed E-state index contributed by atoms with van der Waals surface area (Å²) in [4.78, 5) is 25.9. The van der Waals surface area contributed by atoms with Crippen LogP contribution < -0.4 is 5.56 Å². The van der Waals surface area contributed by atoms with E-state index in [1.807, 2.05) is 30.3 Å². The van der Waals surface area contributed by atoms with E-state index in [0.29, 0.717) is 12.4 Å². The molecule has 1 aliphatic rings. The maximum Gasteiger partial charge on any atom is 0.255 e. The number of aryl methyl sites for hydroxylation is 2. The molecule has 0 amide bonds. The van der Waals surface area contributed by atoms with Gasteiger partial charge in [-0.05, 0) is 25.5 Å².